The Morgan fingerprint density at radius 2 is 1.86 bits per heavy atom. The lowest BCUT2D eigenvalue weighted by atomic mass is 9.97. The zero-order chi connectivity index (χ0) is 10.6. The van der Waals surface area contributed by atoms with Crippen LogP contribution in [0.15, 0.2) is 24.3 Å². The van der Waals surface area contributed by atoms with Crippen molar-refractivity contribution in [2.45, 2.75) is 6.92 Å². The molecule has 0 saturated carbocycles. The second-order valence-corrected chi connectivity index (χ2v) is 2.87. The maximum Gasteiger partial charge on any atom is 0.195 e. The van der Waals surface area contributed by atoms with Crippen molar-refractivity contribution >= 4 is 5.78 Å². The monoisotopic (exact) mass is 184 g/mol. The topological polar surface area (TPSA) is 64.7 Å². The molecule has 0 heterocycles. The van der Waals surface area contributed by atoms with Gasteiger partial charge in [-0.3, -0.25) is 4.79 Å². The van der Waals surface area contributed by atoms with Gasteiger partial charge in [0.2, 0.25) is 0 Å². The Labute approximate surface area is 82.2 Å². The number of benzene rings is 1. The van der Waals surface area contributed by atoms with Crippen LogP contribution >= 0.6 is 0 Å². The van der Waals surface area contributed by atoms with Gasteiger partial charge in [0.05, 0.1) is 12.1 Å². The van der Waals surface area contributed by atoms with Crippen molar-refractivity contribution in [2.75, 3.05) is 0 Å². The number of ketones is 1. The number of Topliss-reactive ketones (excluding diaryl/α,β-unsaturated/α-hetero) is 1. The van der Waals surface area contributed by atoms with E-state index in [1.165, 1.54) is 0 Å². The van der Waals surface area contributed by atoms with Crippen LogP contribution in [0.1, 0.15) is 15.9 Å². The van der Waals surface area contributed by atoms with E-state index < -0.39 is 11.7 Å². The average molecular weight is 184 g/mol. The van der Waals surface area contributed by atoms with Crippen LogP contribution < -0.4 is 0 Å². The molecule has 68 valence electrons. The van der Waals surface area contributed by atoms with Gasteiger partial charge in [-0.1, -0.05) is 24.3 Å². The highest BCUT2D eigenvalue weighted by Crippen LogP contribution is 2.12. The first-order valence-electron chi connectivity index (χ1n) is 4.09. The van der Waals surface area contributed by atoms with Crippen LogP contribution in [-0.2, 0) is 0 Å². The van der Waals surface area contributed by atoms with Crippen molar-refractivity contribution in [1.82, 2.24) is 0 Å². The quantitative estimate of drug-likeness (QED) is 0.658. The van der Waals surface area contributed by atoms with Crippen LogP contribution in [0.25, 0.3) is 0 Å². The Balaban J connectivity index is 3.09. The molecule has 3 nitrogen and oxygen atoms in total. The Morgan fingerprint density at radius 3 is 2.36 bits per heavy atom. The number of nitriles is 2. The third-order valence-electron chi connectivity index (χ3n) is 1.93. The Morgan fingerprint density at radius 1 is 1.29 bits per heavy atom. The molecule has 3 heteroatoms. The first-order valence-corrected chi connectivity index (χ1v) is 4.09. The first-order chi connectivity index (χ1) is 6.70. The molecular weight excluding hydrogens is 176 g/mol. The molecule has 0 fully saturated rings. The third-order valence-corrected chi connectivity index (χ3v) is 1.93. The highest BCUT2D eigenvalue weighted by molar-refractivity contribution is 6.02. The summed E-state index contributed by atoms with van der Waals surface area (Å²) in [4.78, 5) is 11.6. The fourth-order valence-corrected chi connectivity index (χ4v) is 1.15. The van der Waals surface area contributed by atoms with Gasteiger partial charge in [-0.25, -0.2) is 0 Å². The molecule has 0 aliphatic rings. The maximum absolute atomic E-state index is 11.6. The zero-order valence-corrected chi connectivity index (χ0v) is 7.69. The van der Waals surface area contributed by atoms with Crippen LogP contribution in [0.5, 0.6) is 0 Å². The molecule has 1 aromatic rings. The van der Waals surface area contributed by atoms with Crippen LogP contribution in [0.3, 0.4) is 0 Å². The molecular formula is C11H8N2O. The predicted molar refractivity (Wildman–Crippen MR) is 50.2 cm³/mol. The molecule has 14 heavy (non-hydrogen) atoms. The van der Waals surface area contributed by atoms with Crippen LogP contribution in [0.4, 0.5) is 0 Å². The standard InChI is InChI=1S/C11H8N2O/c1-8-4-2-3-5-10(8)11(14)9(6-12)7-13/h2-5,9H,1H3. The SMILES string of the molecule is Cc1ccccc1C(=O)C(C#N)C#N. The second-order valence-electron chi connectivity index (χ2n) is 2.87. The Hall–Kier alpha value is -2.13. The van der Waals surface area contributed by atoms with E-state index in [1.807, 2.05) is 0 Å². The summed E-state index contributed by atoms with van der Waals surface area (Å²) in [7, 11) is 0. The molecule has 0 amide bonds. The van der Waals surface area contributed by atoms with Crippen molar-refractivity contribution in [3.63, 3.8) is 0 Å². The largest absolute Gasteiger partial charge is 0.291 e. The number of aryl methyl sites for hydroxylation is 1. The normalized spacial score (nSPS) is 9.14. The molecule has 0 aliphatic carbocycles. The summed E-state index contributed by atoms with van der Waals surface area (Å²) in [5.74, 6) is -1.62. The van der Waals surface area contributed by atoms with Crippen molar-refractivity contribution in [3.8, 4) is 12.1 Å². The smallest absolute Gasteiger partial charge is 0.195 e. The van der Waals surface area contributed by atoms with Crippen molar-refractivity contribution in [3.05, 3.63) is 35.4 Å². The van der Waals surface area contributed by atoms with E-state index in [9.17, 15) is 4.79 Å². The zero-order valence-electron chi connectivity index (χ0n) is 7.69. The van der Waals surface area contributed by atoms with Gasteiger partial charge in [0.1, 0.15) is 0 Å². The van der Waals surface area contributed by atoms with Crippen molar-refractivity contribution < 1.29 is 4.79 Å². The predicted octanol–water partition coefficient (Wildman–Crippen LogP) is 1.84. The molecule has 1 aromatic carbocycles. The Kier molecular flexibility index (Phi) is 2.99. The molecule has 0 spiro atoms. The van der Waals surface area contributed by atoms with E-state index in [-0.39, 0.29) is 0 Å². The van der Waals surface area contributed by atoms with Gasteiger partial charge in [-0.2, -0.15) is 10.5 Å². The summed E-state index contributed by atoms with van der Waals surface area (Å²) < 4.78 is 0. The van der Waals surface area contributed by atoms with E-state index in [0.717, 1.165) is 5.56 Å². The van der Waals surface area contributed by atoms with Gasteiger partial charge in [0.15, 0.2) is 11.7 Å². The summed E-state index contributed by atoms with van der Waals surface area (Å²) in [5, 5.41) is 17.1. The molecule has 0 aromatic heterocycles. The minimum atomic E-state index is -1.20. The number of nitrogens with zero attached hydrogens (tertiary/aromatic N) is 2. The average Bonchev–Trinajstić information content (AvgIpc) is 2.20. The first kappa shape index (κ1) is 9.95. The van der Waals surface area contributed by atoms with E-state index >= 15 is 0 Å². The van der Waals surface area contributed by atoms with E-state index in [4.69, 9.17) is 10.5 Å². The second kappa shape index (κ2) is 4.20. The Bertz CT molecular complexity index is 423. The lowest BCUT2D eigenvalue weighted by molar-refractivity contribution is 0.0970. The van der Waals surface area contributed by atoms with E-state index in [2.05, 4.69) is 0 Å². The number of hydrogen-bond donors (Lipinski definition) is 0. The van der Waals surface area contributed by atoms with E-state index in [0.29, 0.717) is 5.56 Å². The molecule has 0 saturated heterocycles. The summed E-state index contributed by atoms with van der Waals surface area (Å²) in [5.41, 5.74) is 1.23. The fraction of sp³-hybridized carbons (Fsp3) is 0.182. The highest BCUT2D eigenvalue weighted by atomic mass is 16.1. The summed E-state index contributed by atoms with van der Waals surface area (Å²) >= 11 is 0. The van der Waals surface area contributed by atoms with Crippen LogP contribution in [-0.4, -0.2) is 5.78 Å². The fourth-order valence-electron chi connectivity index (χ4n) is 1.15. The van der Waals surface area contributed by atoms with Gasteiger partial charge in [-0.05, 0) is 12.5 Å². The van der Waals surface area contributed by atoms with Crippen LogP contribution in [0, 0.1) is 35.5 Å². The minimum absolute atomic E-state index is 0.423. The molecule has 0 aliphatic heterocycles. The van der Waals surface area contributed by atoms with Gasteiger partial charge < -0.3 is 0 Å². The van der Waals surface area contributed by atoms with E-state index in [1.54, 1.807) is 43.3 Å². The van der Waals surface area contributed by atoms with Crippen molar-refractivity contribution in [2.24, 2.45) is 5.92 Å². The van der Waals surface area contributed by atoms with Crippen molar-refractivity contribution in [1.29, 1.82) is 10.5 Å². The number of hydrogen-bond acceptors (Lipinski definition) is 3. The van der Waals surface area contributed by atoms with Gasteiger partial charge in [0.25, 0.3) is 0 Å². The molecule has 0 atom stereocenters. The summed E-state index contributed by atoms with van der Waals surface area (Å²) in [6.45, 7) is 1.78. The number of rotatable bonds is 2. The molecule has 0 bridgehead atoms. The van der Waals surface area contributed by atoms with Gasteiger partial charge >= 0.3 is 0 Å². The number of carbonyl (C=O) groups is 1. The maximum atomic E-state index is 11.6. The number of carbonyl (C=O) groups excluding carboxylic acids is 1. The highest BCUT2D eigenvalue weighted by Gasteiger charge is 2.19. The van der Waals surface area contributed by atoms with Gasteiger partial charge in [-0.15, -0.1) is 0 Å². The van der Waals surface area contributed by atoms with Crippen LogP contribution in [0.2, 0.25) is 0 Å². The minimum Gasteiger partial charge on any atom is -0.291 e. The molecule has 0 unspecified atom stereocenters. The summed E-state index contributed by atoms with van der Waals surface area (Å²) in [6.07, 6.45) is 0. The summed E-state index contributed by atoms with van der Waals surface area (Å²) in [6, 6.07) is 10.3. The van der Waals surface area contributed by atoms with Gasteiger partial charge in [0, 0.05) is 5.56 Å². The lowest BCUT2D eigenvalue weighted by Crippen LogP contribution is -2.12. The third kappa shape index (κ3) is 1.78. The molecule has 0 N–H and O–H groups in total. The molecule has 0 radical (unpaired) electrons. The lowest BCUT2D eigenvalue weighted by Gasteiger charge is -2.03. The molecule has 1 rings (SSSR count).